The number of rotatable bonds is 1. The van der Waals surface area contributed by atoms with Gasteiger partial charge in [-0.1, -0.05) is 24.3 Å². The number of hydrogen-bond donors (Lipinski definition) is 1. The Morgan fingerprint density at radius 2 is 2.00 bits per heavy atom. The Labute approximate surface area is 81.4 Å². The summed E-state index contributed by atoms with van der Waals surface area (Å²) < 4.78 is 0. The molecule has 0 spiro atoms. The number of carbonyl (C=O) groups is 2. The maximum Gasteiger partial charge on any atom is 0.307 e. The van der Waals surface area contributed by atoms with Crippen LogP contribution in [0.25, 0.3) is 0 Å². The number of hydrogen-bond acceptors (Lipinski definition) is 2. The summed E-state index contributed by atoms with van der Waals surface area (Å²) >= 11 is 0. The highest BCUT2D eigenvalue weighted by Gasteiger charge is 2.28. The summed E-state index contributed by atoms with van der Waals surface area (Å²) in [5.41, 5.74) is 1.54. The average Bonchev–Trinajstić information content (AvgIpc) is 2.17. The molecule has 1 aliphatic carbocycles. The molecular formula is C11H10O3. The van der Waals surface area contributed by atoms with Crippen molar-refractivity contribution in [3.63, 3.8) is 0 Å². The van der Waals surface area contributed by atoms with Gasteiger partial charge >= 0.3 is 5.97 Å². The molecule has 14 heavy (non-hydrogen) atoms. The lowest BCUT2D eigenvalue weighted by atomic mass is 9.83. The predicted octanol–water partition coefficient (Wildman–Crippen LogP) is 1.52. The van der Waals surface area contributed by atoms with Gasteiger partial charge in [0.2, 0.25) is 0 Å². The van der Waals surface area contributed by atoms with Crippen LogP contribution < -0.4 is 0 Å². The molecular weight excluding hydrogens is 180 g/mol. The van der Waals surface area contributed by atoms with Gasteiger partial charge in [0, 0.05) is 12.0 Å². The van der Waals surface area contributed by atoms with E-state index in [-0.39, 0.29) is 12.2 Å². The monoisotopic (exact) mass is 190 g/mol. The minimum absolute atomic E-state index is 0.0562. The van der Waals surface area contributed by atoms with E-state index >= 15 is 0 Å². The van der Waals surface area contributed by atoms with Crippen molar-refractivity contribution in [2.24, 2.45) is 5.92 Å². The minimum Gasteiger partial charge on any atom is -0.481 e. The van der Waals surface area contributed by atoms with Crippen LogP contribution in [0.5, 0.6) is 0 Å². The summed E-state index contributed by atoms with van der Waals surface area (Å²) in [6.45, 7) is 0. The van der Waals surface area contributed by atoms with Crippen LogP contribution in [0, 0.1) is 5.92 Å². The second kappa shape index (κ2) is 3.25. The number of carbonyl (C=O) groups excluding carboxylic acids is 1. The van der Waals surface area contributed by atoms with Gasteiger partial charge in [-0.05, 0) is 12.0 Å². The van der Waals surface area contributed by atoms with Crippen LogP contribution in [0.2, 0.25) is 0 Å². The van der Waals surface area contributed by atoms with E-state index in [9.17, 15) is 9.59 Å². The zero-order chi connectivity index (χ0) is 10.1. The van der Waals surface area contributed by atoms with Crippen molar-refractivity contribution in [1.82, 2.24) is 0 Å². The van der Waals surface area contributed by atoms with Crippen LogP contribution in [0.3, 0.4) is 0 Å². The standard InChI is InChI=1S/C11H10O3/c12-10-6-8(11(13)14)5-7-3-1-2-4-9(7)10/h1-4,8H,5-6H2,(H,13,14)/t8-/m0/s1. The molecule has 1 aromatic carbocycles. The molecule has 0 amide bonds. The summed E-state index contributed by atoms with van der Waals surface area (Å²) in [5, 5.41) is 8.83. The molecule has 0 bridgehead atoms. The highest BCUT2D eigenvalue weighted by molar-refractivity contribution is 6.00. The number of carboxylic acid groups (broad SMARTS) is 1. The molecule has 1 atom stereocenters. The van der Waals surface area contributed by atoms with Gasteiger partial charge in [0.15, 0.2) is 5.78 Å². The van der Waals surface area contributed by atoms with E-state index in [4.69, 9.17) is 5.11 Å². The molecule has 72 valence electrons. The third-order valence-electron chi connectivity index (χ3n) is 2.57. The van der Waals surface area contributed by atoms with Crippen LogP contribution in [-0.4, -0.2) is 16.9 Å². The number of aliphatic carboxylic acids is 1. The first-order valence-electron chi connectivity index (χ1n) is 4.52. The molecule has 0 fully saturated rings. The number of benzene rings is 1. The maximum absolute atomic E-state index is 11.5. The molecule has 1 aliphatic rings. The zero-order valence-corrected chi connectivity index (χ0v) is 7.56. The number of fused-ring (bicyclic) bond motifs is 1. The Kier molecular flexibility index (Phi) is 2.08. The van der Waals surface area contributed by atoms with Gasteiger partial charge in [-0.25, -0.2) is 0 Å². The summed E-state index contributed by atoms with van der Waals surface area (Å²) in [6.07, 6.45) is 0.601. The van der Waals surface area contributed by atoms with E-state index in [0.29, 0.717) is 12.0 Å². The lowest BCUT2D eigenvalue weighted by molar-refractivity contribution is -0.141. The van der Waals surface area contributed by atoms with Crippen LogP contribution in [0.1, 0.15) is 22.3 Å². The topological polar surface area (TPSA) is 54.4 Å². The largest absolute Gasteiger partial charge is 0.481 e. The molecule has 3 nitrogen and oxygen atoms in total. The SMILES string of the molecule is O=C1C[C@@H](C(=O)O)Cc2ccccc21. The van der Waals surface area contributed by atoms with Gasteiger partial charge in [0.1, 0.15) is 0 Å². The Morgan fingerprint density at radius 1 is 1.29 bits per heavy atom. The predicted molar refractivity (Wildman–Crippen MR) is 50.2 cm³/mol. The first-order chi connectivity index (χ1) is 6.68. The highest BCUT2D eigenvalue weighted by atomic mass is 16.4. The van der Waals surface area contributed by atoms with Gasteiger partial charge in [-0.15, -0.1) is 0 Å². The van der Waals surface area contributed by atoms with E-state index in [1.807, 2.05) is 12.1 Å². The van der Waals surface area contributed by atoms with Crippen molar-refractivity contribution in [1.29, 1.82) is 0 Å². The van der Waals surface area contributed by atoms with Gasteiger partial charge in [-0.3, -0.25) is 9.59 Å². The van der Waals surface area contributed by atoms with Crippen LogP contribution in [0.15, 0.2) is 24.3 Å². The molecule has 0 heterocycles. The first kappa shape index (κ1) is 8.94. The molecule has 0 saturated heterocycles. The Hall–Kier alpha value is -1.64. The number of carboxylic acids is 1. The fraction of sp³-hybridized carbons (Fsp3) is 0.273. The summed E-state index contributed by atoms with van der Waals surface area (Å²) in [7, 11) is 0. The molecule has 3 heteroatoms. The fourth-order valence-electron chi connectivity index (χ4n) is 1.82. The van der Waals surface area contributed by atoms with Gasteiger partial charge in [0.25, 0.3) is 0 Å². The third-order valence-corrected chi connectivity index (χ3v) is 2.57. The van der Waals surface area contributed by atoms with Crippen molar-refractivity contribution < 1.29 is 14.7 Å². The second-order valence-electron chi connectivity index (χ2n) is 3.52. The number of ketones is 1. The summed E-state index contributed by atoms with van der Waals surface area (Å²) in [5.74, 6) is -1.48. The Morgan fingerprint density at radius 3 is 2.71 bits per heavy atom. The van der Waals surface area contributed by atoms with Crippen molar-refractivity contribution >= 4 is 11.8 Å². The van der Waals surface area contributed by atoms with E-state index in [2.05, 4.69) is 0 Å². The molecule has 0 saturated carbocycles. The third kappa shape index (κ3) is 1.41. The lowest BCUT2D eigenvalue weighted by Gasteiger charge is -2.19. The fourth-order valence-corrected chi connectivity index (χ4v) is 1.82. The van der Waals surface area contributed by atoms with Crippen molar-refractivity contribution in [3.8, 4) is 0 Å². The summed E-state index contributed by atoms with van der Waals surface area (Å²) in [6, 6.07) is 7.21. The van der Waals surface area contributed by atoms with Crippen molar-refractivity contribution in [2.75, 3.05) is 0 Å². The normalized spacial score (nSPS) is 20.3. The molecule has 1 aromatic rings. The Bertz CT molecular complexity index is 395. The molecule has 2 rings (SSSR count). The lowest BCUT2D eigenvalue weighted by Crippen LogP contribution is -2.26. The molecule has 0 aromatic heterocycles. The van der Waals surface area contributed by atoms with E-state index < -0.39 is 11.9 Å². The highest BCUT2D eigenvalue weighted by Crippen LogP contribution is 2.25. The molecule has 1 N–H and O–H groups in total. The first-order valence-corrected chi connectivity index (χ1v) is 4.52. The smallest absolute Gasteiger partial charge is 0.307 e. The quantitative estimate of drug-likeness (QED) is 0.730. The molecule has 0 aliphatic heterocycles. The number of Topliss-reactive ketones (excluding diaryl/α,β-unsaturated/α-hetero) is 1. The van der Waals surface area contributed by atoms with Gasteiger partial charge in [0.05, 0.1) is 5.92 Å². The maximum atomic E-state index is 11.5. The zero-order valence-electron chi connectivity index (χ0n) is 7.56. The average molecular weight is 190 g/mol. The van der Waals surface area contributed by atoms with Crippen molar-refractivity contribution in [3.05, 3.63) is 35.4 Å². The van der Waals surface area contributed by atoms with Crippen molar-refractivity contribution in [2.45, 2.75) is 12.8 Å². The second-order valence-corrected chi connectivity index (χ2v) is 3.52. The van der Waals surface area contributed by atoms with Gasteiger partial charge in [-0.2, -0.15) is 0 Å². The molecule has 0 radical (unpaired) electrons. The molecule has 0 unspecified atom stereocenters. The van der Waals surface area contributed by atoms with E-state index in [0.717, 1.165) is 5.56 Å². The van der Waals surface area contributed by atoms with E-state index in [1.54, 1.807) is 12.1 Å². The van der Waals surface area contributed by atoms with Crippen LogP contribution in [0.4, 0.5) is 0 Å². The van der Waals surface area contributed by atoms with E-state index in [1.165, 1.54) is 0 Å². The minimum atomic E-state index is -0.882. The Balaban J connectivity index is 2.38. The summed E-state index contributed by atoms with van der Waals surface area (Å²) in [4.78, 5) is 22.3. The van der Waals surface area contributed by atoms with Gasteiger partial charge < -0.3 is 5.11 Å². The van der Waals surface area contributed by atoms with Crippen LogP contribution >= 0.6 is 0 Å². The van der Waals surface area contributed by atoms with Crippen LogP contribution in [-0.2, 0) is 11.2 Å².